The molecule has 1 N–H and O–H groups in total. The van der Waals surface area contributed by atoms with Gasteiger partial charge in [0, 0.05) is 6.42 Å². The van der Waals surface area contributed by atoms with E-state index in [0.717, 1.165) is 24.7 Å². The van der Waals surface area contributed by atoms with Crippen molar-refractivity contribution in [1.29, 1.82) is 0 Å². The molecule has 2 nitrogen and oxygen atoms in total. The summed E-state index contributed by atoms with van der Waals surface area (Å²) in [6.07, 6.45) is 7.18. The average Bonchev–Trinajstić information content (AvgIpc) is 2.39. The normalized spacial score (nSPS) is 23.2. The Bertz CT molecular complexity index is 417. The molecule has 0 heterocycles. The van der Waals surface area contributed by atoms with E-state index < -0.39 is 5.97 Å². The number of carboxylic acid groups (broad SMARTS) is 1. The lowest BCUT2D eigenvalue weighted by Gasteiger charge is -2.26. The molecule has 2 heteroatoms. The molecule has 1 saturated carbocycles. The summed E-state index contributed by atoms with van der Waals surface area (Å²) in [6.45, 7) is 2.35. The van der Waals surface area contributed by atoms with Crippen LogP contribution in [0.25, 0.3) is 0 Å². The van der Waals surface area contributed by atoms with Gasteiger partial charge < -0.3 is 5.11 Å². The van der Waals surface area contributed by atoms with Gasteiger partial charge in [0.05, 0.1) is 0 Å². The molecule has 0 radical (unpaired) electrons. The standard InChI is InChI=1S/C17H24O2/c1-13-8-10-15(11-9-13)16-6-2-4-14(12-16)5-3-7-17(18)19/h2,4,6,12-13,15H,3,5,7-11H2,1H3,(H,18,19). The van der Waals surface area contributed by atoms with Gasteiger partial charge in [-0.15, -0.1) is 0 Å². The number of rotatable bonds is 5. The van der Waals surface area contributed by atoms with Crippen molar-refractivity contribution in [2.24, 2.45) is 5.92 Å². The number of benzene rings is 1. The van der Waals surface area contributed by atoms with E-state index in [1.807, 2.05) is 0 Å². The van der Waals surface area contributed by atoms with Gasteiger partial charge >= 0.3 is 5.97 Å². The van der Waals surface area contributed by atoms with E-state index in [9.17, 15) is 4.79 Å². The SMILES string of the molecule is CC1CCC(c2cccc(CCCC(=O)O)c2)CC1. The fourth-order valence-electron chi connectivity index (χ4n) is 3.04. The molecule has 0 amide bonds. The number of aryl methyl sites for hydroxylation is 1. The molecule has 1 aliphatic carbocycles. The molecule has 0 unspecified atom stereocenters. The molecule has 2 rings (SSSR count). The third kappa shape index (κ3) is 4.38. The number of aliphatic carboxylic acids is 1. The fraction of sp³-hybridized carbons (Fsp3) is 0.588. The highest BCUT2D eigenvalue weighted by atomic mass is 16.4. The van der Waals surface area contributed by atoms with E-state index in [-0.39, 0.29) is 6.42 Å². The smallest absolute Gasteiger partial charge is 0.303 e. The van der Waals surface area contributed by atoms with E-state index in [1.54, 1.807) is 0 Å². The largest absolute Gasteiger partial charge is 0.481 e. The van der Waals surface area contributed by atoms with Crippen molar-refractivity contribution in [2.75, 3.05) is 0 Å². The zero-order valence-electron chi connectivity index (χ0n) is 11.8. The summed E-state index contributed by atoms with van der Waals surface area (Å²) in [7, 11) is 0. The van der Waals surface area contributed by atoms with Gasteiger partial charge in [0.1, 0.15) is 0 Å². The van der Waals surface area contributed by atoms with Crippen LogP contribution in [0, 0.1) is 5.92 Å². The Morgan fingerprint density at radius 2 is 2.00 bits per heavy atom. The van der Waals surface area contributed by atoms with Gasteiger partial charge in [-0.3, -0.25) is 4.79 Å². The van der Waals surface area contributed by atoms with Crippen LogP contribution in [-0.2, 0) is 11.2 Å². The molecular weight excluding hydrogens is 236 g/mol. The van der Waals surface area contributed by atoms with E-state index in [2.05, 4.69) is 31.2 Å². The first-order valence-corrected chi connectivity index (χ1v) is 7.46. The number of hydrogen-bond acceptors (Lipinski definition) is 1. The lowest BCUT2D eigenvalue weighted by molar-refractivity contribution is -0.137. The van der Waals surface area contributed by atoms with Gasteiger partial charge in [0.25, 0.3) is 0 Å². The van der Waals surface area contributed by atoms with Crippen molar-refractivity contribution >= 4 is 5.97 Å². The minimum absolute atomic E-state index is 0.269. The summed E-state index contributed by atoms with van der Waals surface area (Å²) in [5, 5.41) is 8.67. The Hall–Kier alpha value is -1.31. The number of carbonyl (C=O) groups is 1. The van der Waals surface area contributed by atoms with Gasteiger partial charge in [-0.2, -0.15) is 0 Å². The van der Waals surface area contributed by atoms with Crippen LogP contribution in [0.4, 0.5) is 0 Å². The highest BCUT2D eigenvalue weighted by Crippen LogP contribution is 2.35. The summed E-state index contributed by atoms with van der Waals surface area (Å²) in [5.74, 6) is 0.906. The topological polar surface area (TPSA) is 37.3 Å². The van der Waals surface area contributed by atoms with Crippen molar-refractivity contribution in [2.45, 2.75) is 57.8 Å². The minimum atomic E-state index is -0.697. The highest BCUT2D eigenvalue weighted by Gasteiger charge is 2.19. The van der Waals surface area contributed by atoms with Crippen LogP contribution in [0.5, 0.6) is 0 Å². The van der Waals surface area contributed by atoms with Crippen LogP contribution in [-0.4, -0.2) is 11.1 Å². The summed E-state index contributed by atoms with van der Waals surface area (Å²) in [5.41, 5.74) is 2.75. The molecule has 19 heavy (non-hydrogen) atoms. The Kier molecular flexibility index (Phi) is 5.00. The summed E-state index contributed by atoms with van der Waals surface area (Å²) < 4.78 is 0. The molecule has 0 aromatic heterocycles. The van der Waals surface area contributed by atoms with E-state index in [0.29, 0.717) is 0 Å². The van der Waals surface area contributed by atoms with Crippen LogP contribution in [0.15, 0.2) is 24.3 Å². The quantitative estimate of drug-likeness (QED) is 0.852. The molecule has 0 saturated heterocycles. The molecule has 1 aromatic rings. The molecular formula is C17H24O2. The first-order valence-electron chi connectivity index (χ1n) is 7.46. The molecule has 104 valence electrons. The molecule has 1 aromatic carbocycles. The lowest BCUT2D eigenvalue weighted by atomic mass is 9.79. The van der Waals surface area contributed by atoms with Gasteiger partial charge in [0.2, 0.25) is 0 Å². The van der Waals surface area contributed by atoms with Crippen molar-refractivity contribution in [1.82, 2.24) is 0 Å². The third-order valence-electron chi connectivity index (χ3n) is 4.29. The molecule has 1 fully saturated rings. The predicted octanol–water partition coefficient (Wildman–Crippen LogP) is 4.39. The minimum Gasteiger partial charge on any atom is -0.481 e. The van der Waals surface area contributed by atoms with E-state index >= 15 is 0 Å². The summed E-state index contributed by atoms with van der Waals surface area (Å²) in [4.78, 5) is 10.5. The van der Waals surface area contributed by atoms with Crippen molar-refractivity contribution in [3.05, 3.63) is 35.4 Å². The maximum atomic E-state index is 10.5. The van der Waals surface area contributed by atoms with Crippen molar-refractivity contribution < 1.29 is 9.90 Å². The van der Waals surface area contributed by atoms with Gasteiger partial charge in [-0.05, 0) is 48.6 Å². The Morgan fingerprint density at radius 3 is 2.68 bits per heavy atom. The Morgan fingerprint density at radius 1 is 1.26 bits per heavy atom. The zero-order chi connectivity index (χ0) is 13.7. The summed E-state index contributed by atoms with van der Waals surface area (Å²) >= 11 is 0. The second-order valence-corrected chi connectivity index (χ2v) is 5.95. The predicted molar refractivity (Wildman–Crippen MR) is 77.4 cm³/mol. The number of hydrogen-bond donors (Lipinski definition) is 1. The maximum absolute atomic E-state index is 10.5. The second-order valence-electron chi connectivity index (χ2n) is 5.95. The summed E-state index contributed by atoms with van der Waals surface area (Å²) in [6, 6.07) is 8.78. The monoisotopic (exact) mass is 260 g/mol. The first kappa shape index (κ1) is 14.1. The van der Waals surface area contributed by atoms with Crippen molar-refractivity contribution in [3.63, 3.8) is 0 Å². The molecule has 0 aliphatic heterocycles. The van der Waals surface area contributed by atoms with E-state index in [4.69, 9.17) is 5.11 Å². The average molecular weight is 260 g/mol. The Labute approximate surface area is 115 Å². The zero-order valence-corrected chi connectivity index (χ0v) is 11.8. The molecule has 0 spiro atoms. The Balaban J connectivity index is 1.93. The van der Waals surface area contributed by atoms with Crippen molar-refractivity contribution in [3.8, 4) is 0 Å². The molecule has 0 atom stereocenters. The molecule has 0 bridgehead atoms. The number of carboxylic acids is 1. The molecule has 1 aliphatic rings. The fourth-order valence-corrected chi connectivity index (χ4v) is 3.04. The van der Waals surface area contributed by atoms with Crippen LogP contribution < -0.4 is 0 Å². The van der Waals surface area contributed by atoms with Gasteiger partial charge in [-0.25, -0.2) is 0 Å². The van der Waals surface area contributed by atoms with E-state index in [1.165, 1.54) is 36.8 Å². The second kappa shape index (κ2) is 6.74. The lowest BCUT2D eigenvalue weighted by Crippen LogP contribution is -2.11. The van der Waals surface area contributed by atoms with Crippen LogP contribution in [0.1, 0.15) is 62.5 Å². The highest BCUT2D eigenvalue weighted by molar-refractivity contribution is 5.66. The van der Waals surface area contributed by atoms with Crippen LogP contribution >= 0.6 is 0 Å². The van der Waals surface area contributed by atoms with Gasteiger partial charge in [-0.1, -0.05) is 44.0 Å². The van der Waals surface area contributed by atoms with Crippen LogP contribution in [0.3, 0.4) is 0 Å². The maximum Gasteiger partial charge on any atom is 0.303 e. The third-order valence-corrected chi connectivity index (χ3v) is 4.29. The van der Waals surface area contributed by atoms with Gasteiger partial charge in [0.15, 0.2) is 0 Å². The van der Waals surface area contributed by atoms with Crippen LogP contribution in [0.2, 0.25) is 0 Å². The first-order chi connectivity index (χ1) is 9.15.